The fraction of sp³-hybridized carbons (Fsp3) is 0.458. The molecule has 33 heavy (non-hydrogen) atoms. The Labute approximate surface area is 201 Å². The number of nitrogens with one attached hydrogen (secondary N) is 1. The first-order valence-corrected chi connectivity index (χ1v) is 11.6. The minimum Gasteiger partial charge on any atom is -0.480 e. The molecule has 5 nitrogen and oxygen atoms in total. The van der Waals surface area contributed by atoms with Gasteiger partial charge in [-0.15, -0.1) is 0 Å². The van der Waals surface area contributed by atoms with Crippen molar-refractivity contribution in [1.29, 1.82) is 0 Å². The molecular weight excluding hydrogens is 473 g/mol. The van der Waals surface area contributed by atoms with Gasteiger partial charge in [0.15, 0.2) is 0 Å². The molecular formula is C24H28Cl2F2N2O3. The number of hydrogen-bond donors (Lipinski definition) is 4. The van der Waals surface area contributed by atoms with E-state index in [2.05, 4.69) is 5.32 Å². The van der Waals surface area contributed by atoms with Gasteiger partial charge in [-0.05, 0) is 48.4 Å². The lowest BCUT2D eigenvalue weighted by Crippen LogP contribution is -2.53. The molecule has 2 aromatic carbocycles. The Kier molecular flexibility index (Phi) is 7.71. The Morgan fingerprint density at radius 3 is 2.42 bits per heavy atom. The predicted octanol–water partition coefficient (Wildman–Crippen LogP) is 4.82. The van der Waals surface area contributed by atoms with Crippen molar-refractivity contribution in [2.24, 2.45) is 11.1 Å². The van der Waals surface area contributed by atoms with Gasteiger partial charge < -0.3 is 15.9 Å². The Hall–Kier alpha value is -1.77. The van der Waals surface area contributed by atoms with Gasteiger partial charge in [-0.2, -0.15) is 0 Å². The van der Waals surface area contributed by atoms with Crippen LogP contribution >= 0.6 is 23.2 Å². The molecule has 2 aromatic rings. The van der Waals surface area contributed by atoms with Gasteiger partial charge in [-0.1, -0.05) is 55.2 Å². The van der Waals surface area contributed by atoms with Crippen molar-refractivity contribution < 1.29 is 23.8 Å². The zero-order valence-corrected chi connectivity index (χ0v) is 19.9. The third-order valence-electron chi connectivity index (χ3n) is 7.26. The third kappa shape index (κ3) is 4.49. The molecule has 0 unspecified atom stereocenters. The van der Waals surface area contributed by atoms with E-state index < -0.39 is 46.6 Å². The Balaban J connectivity index is 2.30. The van der Waals surface area contributed by atoms with Crippen LogP contribution in [0.1, 0.15) is 50.2 Å². The molecule has 0 aromatic heterocycles. The van der Waals surface area contributed by atoms with Crippen molar-refractivity contribution in [3.63, 3.8) is 0 Å². The first-order chi connectivity index (χ1) is 15.5. The lowest BCUT2D eigenvalue weighted by Gasteiger charge is -2.41. The zero-order valence-electron chi connectivity index (χ0n) is 18.4. The maximum Gasteiger partial charge on any atom is 0.321 e. The molecule has 0 radical (unpaired) electrons. The van der Waals surface area contributed by atoms with Crippen LogP contribution in [0.2, 0.25) is 10.0 Å². The normalized spacial score (nSPS) is 25.4. The molecule has 4 atom stereocenters. The van der Waals surface area contributed by atoms with E-state index in [0.717, 1.165) is 6.07 Å². The summed E-state index contributed by atoms with van der Waals surface area (Å²) in [6.07, 6.45) is 1.42. The summed E-state index contributed by atoms with van der Waals surface area (Å²) in [5.74, 6) is -3.98. The number of carbonyl (C=O) groups is 1. The second-order valence-corrected chi connectivity index (χ2v) is 9.63. The quantitative estimate of drug-likeness (QED) is 0.416. The summed E-state index contributed by atoms with van der Waals surface area (Å²) < 4.78 is 30.5. The fourth-order valence-corrected chi connectivity index (χ4v) is 5.38. The van der Waals surface area contributed by atoms with E-state index in [-0.39, 0.29) is 34.2 Å². The molecule has 180 valence electrons. The van der Waals surface area contributed by atoms with E-state index in [0.29, 0.717) is 12.8 Å². The summed E-state index contributed by atoms with van der Waals surface area (Å²) in [4.78, 5) is 12.3. The lowest BCUT2D eigenvalue weighted by atomic mass is 9.66. The number of halogens is 4. The van der Waals surface area contributed by atoms with Crippen LogP contribution < -0.4 is 11.1 Å². The number of aliphatic hydroxyl groups is 1. The topological polar surface area (TPSA) is 95.6 Å². The number of carboxylic acids is 1. The van der Waals surface area contributed by atoms with E-state index in [1.807, 2.05) is 13.8 Å². The van der Waals surface area contributed by atoms with Crippen molar-refractivity contribution in [3.8, 4) is 0 Å². The van der Waals surface area contributed by atoms with Gasteiger partial charge in [0.25, 0.3) is 0 Å². The molecule has 1 fully saturated rings. The first kappa shape index (κ1) is 25.8. The number of nitrogens with two attached hydrogens (primary N) is 1. The van der Waals surface area contributed by atoms with Crippen LogP contribution in [0.5, 0.6) is 0 Å². The van der Waals surface area contributed by atoms with Crippen LogP contribution in [0.3, 0.4) is 0 Å². The maximum absolute atomic E-state index is 15.3. The van der Waals surface area contributed by atoms with Gasteiger partial charge in [-0.3, -0.25) is 10.1 Å². The summed E-state index contributed by atoms with van der Waals surface area (Å²) >= 11 is 12.0. The number of rotatable bonds is 8. The smallest absolute Gasteiger partial charge is 0.321 e. The molecule has 1 saturated heterocycles. The van der Waals surface area contributed by atoms with E-state index in [4.69, 9.17) is 28.9 Å². The Morgan fingerprint density at radius 2 is 1.88 bits per heavy atom. The standard InChI is InChI=1S/C24H28Cl2F2N2O3/c1-3-23(4-2,12-31)11-18-24(29,15-9-8-13(25)10-17(15)27)19(21(30-18)22(32)33)14-6-5-7-16(26)20(14)28/h5-10,18-19,21,30-31H,3-4,11-12,29H2,1-2H3,(H,32,33)/t18-,19-,21+,24+/m0/s1. The van der Waals surface area contributed by atoms with Crippen molar-refractivity contribution in [1.82, 2.24) is 5.32 Å². The lowest BCUT2D eigenvalue weighted by molar-refractivity contribution is -0.139. The molecule has 1 aliphatic rings. The number of hydrogen-bond acceptors (Lipinski definition) is 4. The SMILES string of the molecule is CCC(CC)(CO)C[C@@H]1N[C@@H](C(=O)O)[C@H](c2cccc(Cl)c2F)[C@@]1(N)c1ccc(Cl)cc1F. The second kappa shape index (κ2) is 9.84. The van der Waals surface area contributed by atoms with Crippen LogP contribution in [0, 0.1) is 17.0 Å². The van der Waals surface area contributed by atoms with Crippen LogP contribution in [-0.4, -0.2) is 34.9 Å². The van der Waals surface area contributed by atoms with E-state index in [1.165, 1.54) is 30.3 Å². The monoisotopic (exact) mass is 500 g/mol. The van der Waals surface area contributed by atoms with Gasteiger partial charge in [0.05, 0.1) is 10.6 Å². The van der Waals surface area contributed by atoms with Crippen molar-refractivity contribution in [2.45, 2.75) is 56.7 Å². The number of carboxylic acid groups (broad SMARTS) is 1. The molecule has 0 bridgehead atoms. The molecule has 0 amide bonds. The number of aliphatic hydroxyl groups excluding tert-OH is 1. The molecule has 0 aliphatic carbocycles. The molecule has 5 N–H and O–H groups in total. The van der Waals surface area contributed by atoms with Crippen LogP contribution in [-0.2, 0) is 10.3 Å². The highest BCUT2D eigenvalue weighted by Gasteiger charge is 2.59. The predicted molar refractivity (Wildman–Crippen MR) is 124 cm³/mol. The maximum atomic E-state index is 15.3. The number of aliphatic carboxylic acids is 1. The summed E-state index contributed by atoms with van der Waals surface area (Å²) in [6, 6.07) is 6.11. The van der Waals surface area contributed by atoms with Crippen molar-refractivity contribution >= 4 is 29.2 Å². The van der Waals surface area contributed by atoms with E-state index in [9.17, 15) is 15.0 Å². The van der Waals surface area contributed by atoms with E-state index >= 15 is 8.78 Å². The fourth-order valence-electron chi connectivity index (χ4n) is 5.04. The second-order valence-electron chi connectivity index (χ2n) is 8.78. The van der Waals surface area contributed by atoms with Gasteiger partial charge >= 0.3 is 5.97 Å². The van der Waals surface area contributed by atoms with Gasteiger partial charge in [0.2, 0.25) is 0 Å². The summed E-state index contributed by atoms with van der Waals surface area (Å²) in [7, 11) is 0. The molecule has 1 aliphatic heterocycles. The van der Waals surface area contributed by atoms with Gasteiger partial charge in [-0.25, -0.2) is 8.78 Å². The average Bonchev–Trinajstić information content (AvgIpc) is 3.06. The third-order valence-corrected chi connectivity index (χ3v) is 7.79. The highest BCUT2D eigenvalue weighted by atomic mass is 35.5. The largest absolute Gasteiger partial charge is 0.480 e. The molecule has 9 heteroatoms. The van der Waals surface area contributed by atoms with Crippen molar-refractivity contribution in [2.75, 3.05) is 6.61 Å². The van der Waals surface area contributed by atoms with Gasteiger partial charge in [0.1, 0.15) is 17.7 Å². The van der Waals surface area contributed by atoms with Gasteiger partial charge in [0, 0.05) is 29.2 Å². The highest BCUT2D eigenvalue weighted by molar-refractivity contribution is 6.31. The van der Waals surface area contributed by atoms with Crippen molar-refractivity contribution in [3.05, 3.63) is 69.2 Å². The zero-order chi connectivity index (χ0) is 24.6. The molecule has 1 heterocycles. The molecule has 0 spiro atoms. The highest BCUT2D eigenvalue weighted by Crippen LogP contribution is 2.50. The van der Waals surface area contributed by atoms with Crippen LogP contribution in [0.15, 0.2) is 36.4 Å². The van der Waals surface area contributed by atoms with Crippen LogP contribution in [0.25, 0.3) is 0 Å². The van der Waals surface area contributed by atoms with Crippen LogP contribution in [0.4, 0.5) is 8.78 Å². The molecule has 0 saturated carbocycles. The summed E-state index contributed by atoms with van der Waals surface area (Å²) in [5.41, 5.74) is 4.68. The minimum atomic E-state index is -1.69. The van der Waals surface area contributed by atoms with E-state index in [1.54, 1.807) is 0 Å². The Bertz CT molecular complexity index is 1030. The summed E-state index contributed by atoms with van der Waals surface area (Å²) in [5, 5.41) is 23.2. The average molecular weight is 501 g/mol. The first-order valence-electron chi connectivity index (χ1n) is 10.8. The number of benzene rings is 2. The Morgan fingerprint density at radius 1 is 1.21 bits per heavy atom. The molecule has 3 rings (SSSR count). The summed E-state index contributed by atoms with van der Waals surface area (Å²) in [6.45, 7) is 3.67. The minimum absolute atomic E-state index is 0.0107.